The summed E-state index contributed by atoms with van der Waals surface area (Å²) in [5.41, 5.74) is 5.94. The number of nitrogens with two attached hydrogens (primary N) is 1. The molecule has 0 fully saturated rings. The van der Waals surface area contributed by atoms with Crippen molar-refractivity contribution in [3.8, 4) is 0 Å². The number of esters is 1. The Kier molecular flexibility index (Phi) is 10.0. The average Bonchev–Trinajstić information content (AvgIpc) is 2.65. The third kappa shape index (κ3) is 9.53. The highest BCUT2D eigenvalue weighted by atomic mass is 16.5. The summed E-state index contributed by atoms with van der Waals surface area (Å²) in [5.74, 6) is -2.30. The molecular formula is C18H25N3O7. The number of benzene rings is 1. The third-order valence-corrected chi connectivity index (χ3v) is 3.47. The second kappa shape index (κ2) is 12.3. The molecule has 0 spiro atoms. The van der Waals surface area contributed by atoms with Gasteiger partial charge in [0.1, 0.15) is 12.6 Å². The van der Waals surface area contributed by atoms with E-state index in [2.05, 4.69) is 10.6 Å². The van der Waals surface area contributed by atoms with Crippen LogP contribution in [0.1, 0.15) is 25.3 Å². The fraction of sp³-hybridized carbons (Fsp3) is 0.444. The molecule has 2 atom stereocenters. The van der Waals surface area contributed by atoms with Gasteiger partial charge in [0.25, 0.3) is 0 Å². The van der Waals surface area contributed by atoms with Gasteiger partial charge in [-0.3, -0.25) is 14.4 Å². The van der Waals surface area contributed by atoms with Crippen LogP contribution in [-0.2, 0) is 30.5 Å². The fourth-order valence-electron chi connectivity index (χ4n) is 2.12. The standard InChI is InChI=1S/C18H25N3O7/c1-2-27-16(24)9-14(17(19)25)21-15(23)8-13(22)10-20-18(26)28-11-12-6-4-3-5-7-12/h3-7,13-14,22H,2,8-11H2,1H3,(H2,19,25)(H,20,26)(H,21,23)/t13-,14-/m0/s1. The maximum Gasteiger partial charge on any atom is 0.407 e. The Bertz CT molecular complexity index is 666. The van der Waals surface area contributed by atoms with Crippen molar-refractivity contribution in [2.75, 3.05) is 13.2 Å². The van der Waals surface area contributed by atoms with Gasteiger partial charge in [0, 0.05) is 6.54 Å². The zero-order valence-electron chi connectivity index (χ0n) is 15.6. The highest BCUT2D eigenvalue weighted by molar-refractivity contribution is 5.90. The molecule has 0 aliphatic rings. The van der Waals surface area contributed by atoms with Crippen molar-refractivity contribution in [2.24, 2.45) is 5.73 Å². The molecule has 3 amide bonds. The Labute approximate surface area is 162 Å². The maximum atomic E-state index is 11.9. The summed E-state index contributed by atoms with van der Waals surface area (Å²) in [6.45, 7) is 1.56. The van der Waals surface area contributed by atoms with Crippen molar-refractivity contribution in [1.29, 1.82) is 0 Å². The summed E-state index contributed by atoms with van der Waals surface area (Å²) in [6.07, 6.45) is -2.79. The van der Waals surface area contributed by atoms with Gasteiger partial charge >= 0.3 is 12.1 Å². The third-order valence-electron chi connectivity index (χ3n) is 3.47. The molecule has 154 valence electrons. The van der Waals surface area contributed by atoms with Gasteiger partial charge in [0.05, 0.1) is 25.6 Å². The minimum atomic E-state index is -1.25. The molecule has 0 aromatic heterocycles. The molecule has 1 aromatic rings. The molecule has 0 aliphatic heterocycles. The molecule has 0 unspecified atom stereocenters. The molecule has 0 radical (unpaired) electrons. The monoisotopic (exact) mass is 395 g/mol. The quantitative estimate of drug-likeness (QED) is 0.371. The van der Waals surface area contributed by atoms with Gasteiger partial charge in [-0.05, 0) is 12.5 Å². The van der Waals surface area contributed by atoms with Crippen molar-refractivity contribution in [3.63, 3.8) is 0 Å². The number of ether oxygens (including phenoxy) is 2. The van der Waals surface area contributed by atoms with Gasteiger partial charge in [-0.2, -0.15) is 0 Å². The van der Waals surface area contributed by atoms with E-state index in [-0.39, 0.29) is 19.8 Å². The number of amides is 3. The van der Waals surface area contributed by atoms with Crippen molar-refractivity contribution in [1.82, 2.24) is 10.6 Å². The Morgan fingerprint density at radius 3 is 2.39 bits per heavy atom. The molecule has 0 aliphatic carbocycles. The molecule has 10 heteroatoms. The molecule has 0 bridgehead atoms. The average molecular weight is 395 g/mol. The summed E-state index contributed by atoms with van der Waals surface area (Å²) in [5, 5.41) is 14.4. The van der Waals surface area contributed by atoms with Crippen molar-refractivity contribution >= 4 is 23.9 Å². The van der Waals surface area contributed by atoms with E-state index >= 15 is 0 Å². The zero-order chi connectivity index (χ0) is 20.9. The molecule has 0 saturated heterocycles. The Hall–Kier alpha value is -3.14. The first kappa shape index (κ1) is 22.9. The molecule has 1 aromatic carbocycles. The number of hydrogen-bond donors (Lipinski definition) is 4. The lowest BCUT2D eigenvalue weighted by Crippen LogP contribution is -2.47. The van der Waals surface area contributed by atoms with Crippen molar-refractivity contribution in [3.05, 3.63) is 35.9 Å². The number of primary amides is 1. The first-order valence-corrected chi connectivity index (χ1v) is 8.68. The predicted octanol–water partition coefficient (Wildman–Crippen LogP) is -0.413. The van der Waals surface area contributed by atoms with Crippen LogP contribution >= 0.6 is 0 Å². The molecule has 0 heterocycles. The topological polar surface area (TPSA) is 157 Å². The SMILES string of the molecule is CCOC(=O)C[C@H](NC(=O)C[C@H](O)CNC(=O)OCc1ccccc1)C(N)=O. The lowest BCUT2D eigenvalue weighted by Gasteiger charge is -2.16. The Morgan fingerprint density at radius 1 is 1.11 bits per heavy atom. The van der Waals surface area contributed by atoms with Gasteiger partial charge < -0.3 is 30.9 Å². The summed E-state index contributed by atoms with van der Waals surface area (Å²) in [4.78, 5) is 46.2. The van der Waals surface area contributed by atoms with Crippen LogP contribution in [0.2, 0.25) is 0 Å². The van der Waals surface area contributed by atoms with Crippen molar-refractivity contribution < 1.29 is 33.8 Å². The molecule has 10 nitrogen and oxygen atoms in total. The molecule has 0 saturated carbocycles. The number of carbonyl (C=O) groups is 4. The van der Waals surface area contributed by atoms with Crippen LogP contribution in [-0.4, -0.2) is 54.3 Å². The predicted molar refractivity (Wildman–Crippen MR) is 97.6 cm³/mol. The largest absolute Gasteiger partial charge is 0.466 e. The van der Waals surface area contributed by atoms with Crippen LogP contribution in [0, 0.1) is 0 Å². The smallest absolute Gasteiger partial charge is 0.407 e. The highest BCUT2D eigenvalue weighted by Gasteiger charge is 2.23. The number of alkyl carbamates (subject to hydrolysis) is 1. The van der Waals surface area contributed by atoms with E-state index in [1.807, 2.05) is 6.07 Å². The van der Waals surface area contributed by atoms with Gasteiger partial charge in [0.15, 0.2) is 0 Å². The van der Waals surface area contributed by atoms with Gasteiger partial charge in [-0.15, -0.1) is 0 Å². The summed E-state index contributed by atoms with van der Waals surface area (Å²) in [6, 6.07) is 7.78. The van der Waals surface area contributed by atoms with Crippen LogP contribution in [0.4, 0.5) is 4.79 Å². The van der Waals surface area contributed by atoms with Crippen LogP contribution < -0.4 is 16.4 Å². The molecule has 28 heavy (non-hydrogen) atoms. The van der Waals surface area contributed by atoms with Crippen LogP contribution in [0.5, 0.6) is 0 Å². The first-order chi connectivity index (χ1) is 13.3. The number of hydrogen-bond acceptors (Lipinski definition) is 7. The van der Waals surface area contributed by atoms with E-state index in [1.54, 1.807) is 31.2 Å². The lowest BCUT2D eigenvalue weighted by atomic mass is 10.1. The number of rotatable bonds is 11. The minimum absolute atomic E-state index is 0.0669. The second-order valence-electron chi connectivity index (χ2n) is 5.83. The summed E-state index contributed by atoms with van der Waals surface area (Å²) < 4.78 is 9.67. The van der Waals surface area contributed by atoms with Crippen LogP contribution in [0.25, 0.3) is 0 Å². The van der Waals surface area contributed by atoms with Crippen LogP contribution in [0.15, 0.2) is 30.3 Å². The maximum absolute atomic E-state index is 11.9. The van der Waals surface area contributed by atoms with E-state index in [1.165, 1.54) is 0 Å². The summed E-state index contributed by atoms with van der Waals surface area (Å²) in [7, 11) is 0. The number of aliphatic hydroxyl groups excluding tert-OH is 1. The van der Waals surface area contributed by atoms with E-state index < -0.39 is 48.9 Å². The Morgan fingerprint density at radius 2 is 1.79 bits per heavy atom. The van der Waals surface area contributed by atoms with E-state index in [4.69, 9.17) is 15.2 Å². The normalized spacial score (nSPS) is 12.4. The lowest BCUT2D eigenvalue weighted by molar-refractivity contribution is -0.145. The Balaban J connectivity index is 2.33. The fourth-order valence-corrected chi connectivity index (χ4v) is 2.12. The number of carbonyl (C=O) groups excluding carboxylic acids is 4. The molecule has 5 N–H and O–H groups in total. The van der Waals surface area contributed by atoms with E-state index in [0.29, 0.717) is 0 Å². The van der Waals surface area contributed by atoms with Crippen molar-refractivity contribution in [2.45, 2.75) is 38.5 Å². The van der Waals surface area contributed by atoms with Gasteiger partial charge in [-0.25, -0.2) is 4.79 Å². The minimum Gasteiger partial charge on any atom is -0.466 e. The van der Waals surface area contributed by atoms with Crippen LogP contribution in [0.3, 0.4) is 0 Å². The first-order valence-electron chi connectivity index (χ1n) is 8.68. The van der Waals surface area contributed by atoms with E-state index in [0.717, 1.165) is 5.56 Å². The molecular weight excluding hydrogens is 370 g/mol. The van der Waals surface area contributed by atoms with Gasteiger partial charge in [0.2, 0.25) is 11.8 Å². The second-order valence-corrected chi connectivity index (χ2v) is 5.83. The highest BCUT2D eigenvalue weighted by Crippen LogP contribution is 2.01. The zero-order valence-corrected chi connectivity index (χ0v) is 15.6. The number of aliphatic hydroxyl groups is 1. The molecule has 1 rings (SSSR count). The summed E-state index contributed by atoms with van der Waals surface area (Å²) >= 11 is 0. The van der Waals surface area contributed by atoms with Gasteiger partial charge in [-0.1, -0.05) is 30.3 Å². The van der Waals surface area contributed by atoms with E-state index in [9.17, 15) is 24.3 Å². The number of nitrogens with one attached hydrogen (secondary N) is 2.